The summed E-state index contributed by atoms with van der Waals surface area (Å²) in [4.78, 5) is 11.6. The summed E-state index contributed by atoms with van der Waals surface area (Å²) in [6.07, 6.45) is 15.5. The summed E-state index contributed by atoms with van der Waals surface area (Å²) >= 11 is 0. The van der Waals surface area contributed by atoms with Crippen LogP contribution in [0.1, 0.15) is 44.9 Å². The monoisotopic (exact) mass is 242 g/mol. The van der Waals surface area contributed by atoms with E-state index in [4.69, 9.17) is 0 Å². The predicted octanol–water partition coefficient (Wildman–Crippen LogP) is 3.90. The van der Waals surface area contributed by atoms with Gasteiger partial charge in [0.15, 0.2) is 0 Å². The van der Waals surface area contributed by atoms with E-state index >= 15 is 0 Å². The molecule has 1 heteroatoms. The van der Waals surface area contributed by atoms with Crippen molar-refractivity contribution in [2.45, 2.75) is 44.9 Å². The third-order valence-electron chi connectivity index (χ3n) is 6.09. The number of carbonyl (C=O) groups is 1. The molecule has 1 unspecified atom stereocenters. The molecular weight excluding hydrogens is 220 g/mol. The number of hydrogen-bond acceptors (Lipinski definition) is 1. The summed E-state index contributed by atoms with van der Waals surface area (Å²) in [5.74, 6) is 4.78. The average Bonchev–Trinajstić information content (AvgIpc) is 2.86. The summed E-state index contributed by atoms with van der Waals surface area (Å²) in [5, 5.41) is 0. The molecule has 0 bridgehead atoms. The molecule has 2 saturated carbocycles. The Hall–Kier alpha value is -0.850. The smallest absolute Gasteiger partial charge is 0.133 e. The standard InChI is InChI=1S/C17H22O/c18-13-6-9-15-12(10-13)5-8-16-14-3-1-2-11(14)4-7-17(15)16/h1-2,4,12,14-17H,3,5-10H2/t12?,14-,15+,16+,17+/m1/s1. The van der Waals surface area contributed by atoms with Crippen LogP contribution in [0, 0.1) is 29.6 Å². The Labute approximate surface area is 109 Å². The quantitative estimate of drug-likeness (QED) is 0.629. The van der Waals surface area contributed by atoms with Crippen LogP contribution in [0.5, 0.6) is 0 Å². The number of allylic oxidation sites excluding steroid dienone is 4. The lowest BCUT2D eigenvalue weighted by molar-refractivity contribution is -0.125. The van der Waals surface area contributed by atoms with Crippen molar-refractivity contribution in [2.24, 2.45) is 29.6 Å². The molecule has 0 aromatic rings. The van der Waals surface area contributed by atoms with Crippen LogP contribution in [0.2, 0.25) is 0 Å². The van der Waals surface area contributed by atoms with E-state index in [0.29, 0.717) is 5.78 Å². The van der Waals surface area contributed by atoms with Gasteiger partial charge in [-0.05, 0) is 67.3 Å². The van der Waals surface area contributed by atoms with E-state index in [1.165, 1.54) is 32.1 Å². The van der Waals surface area contributed by atoms with Gasteiger partial charge in [0.05, 0.1) is 0 Å². The molecule has 0 aromatic carbocycles. The number of Topliss-reactive ketones (excluding diaryl/α,β-unsaturated/α-hetero) is 1. The lowest BCUT2D eigenvalue weighted by atomic mass is 9.55. The van der Waals surface area contributed by atoms with E-state index in [9.17, 15) is 4.79 Å². The molecule has 18 heavy (non-hydrogen) atoms. The lowest BCUT2D eigenvalue weighted by Crippen LogP contribution is -2.42. The lowest BCUT2D eigenvalue weighted by Gasteiger charge is -2.49. The highest BCUT2D eigenvalue weighted by Gasteiger charge is 2.46. The molecule has 0 N–H and O–H groups in total. The first kappa shape index (κ1) is 11.0. The highest BCUT2D eigenvalue weighted by atomic mass is 16.1. The second-order valence-corrected chi connectivity index (χ2v) is 6.79. The normalized spacial score (nSPS) is 46.1. The fourth-order valence-corrected chi connectivity index (χ4v) is 5.30. The molecule has 96 valence electrons. The van der Waals surface area contributed by atoms with Crippen LogP contribution >= 0.6 is 0 Å². The molecule has 4 rings (SSSR count). The Balaban J connectivity index is 1.60. The van der Waals surface area contributed by atoms with E-state index in [2.05, 4.69) is 18.2 Å². The van der Waals surface area contributed by atoms with Gasteiger partial charge in [-0.2, -0.15) is 0 Å². The Morgan fingerprint density at radius 1 is 1.00 bits per heavy atom. The van der Waals surface area contributed by atoms with Gasteiger partial charge in [0.2, 0.25) is 0 Å². The van der Waals surface area contributed by atoms with Crippen molar-refractivity contribution in [3.8, 4) is 0 Å². The van der Waals surface area contributed by atoms with Crippen molar-refractivity contribution < 1.29 is 4.79 Å². The van der Waals surface area contributed by atoms with Crippen molar-refractivity contribution in [2.75, 3.05) is 0 Å². The van der Waals surface area contributed by atoms with Gasteiger partial charge in [-0.25, -0.2) is 0 Å². The molecule has 4 aliphatic carbocycles. The molecule has 5 atom stereocenters. The number of ketones is 1. The minimum atomic E-state index is 0.532. The highest BCUT2D eigenvalue weighted by molar-refractivity contribution is 5.79. The van der Waals surface area contributed by atoms with Crippen LogP contribution in [0.25, 0.3) is 0 Å². The zero-order valence-corrected chi connectivity index (χ0v) is 11.0. The van der Waals surface area contributed by atoms with Crippen molar-refractivity contribution >= 4 is 5.78 Å². The molecule has 0 amide bonds. The zero-order chi connectivity index (χ0) is 12.1. The number of fused-ring (bicyclic) bond motifs is 5. The van der Waals surface area contributed by atoms with Crippen LogP contribution in [-0.2, 0) is 4.79 Å². The summed E-state index contributed by atoms with van der Waals surface area (Å²) in [7, 11) is 0. The predicted molar refractivity (Wildman–Crippen MR) is 72.0 cm³/mol. The van der Waals surface area contributed by atoms with Gasteiger partial charge in [-0.15, -0.1) is 0 Å². The first-order valence-corrected chi connectivity index (χ1v) is 7.71. The number of carbonyl (C=O) groups excluding carboxylic acids is 1. The average molecular weight is 242 g/mol. The topological polar surface area (TPSA) is 17.1 Å². The molecule has 0 aromatic heterocycles. The molecule has 0 radical (unpaired) electrons. The van der Waals surface area contributed by atoms with Crippen LogP contribution in [-0.4, -0.2) is 5.78 Å². The maximum Gasteiger partial charge on any atom is 0.133 e. The van der Waals surface area contributed by atoms with Crippen LogP contribution in [0.3, 0.4) is 0 Å². The van der Waals surface area contributed by atoms with Crippen molar-refractivity contribution in [3.63, 3.8) is 0 Å². The molecule has 0 aliphatic heterocycles. The second kappa shape index (κ2) is 4.08. The molecule has 0 heterocycles. The minimum Gasteiger partial charge on any atom is -0.300 e. The summed E-state index contributed by atoms with van der Waals surface area (Å²) < 4.78 is 0. The van der Waals surface area contributed by atoms with Crippen LogP contribution in [0.4, 0.5) is 0 Å². The van der Waals surface area contributed by atoms with E-state index in [-0.39, 0.29) is 0 Å². The van der Waals surface area contributed by atoms with Gasteiger partial charge in [0.1, 0.15) is 5.78 Å². The molecule has 1 nitrogen and oxygen atoms in total. The third kappa shape index (κ3) is 1.56. The Morgan fingerprint density at radius 2 is 1.94 bits per heavy atom. The van der Waals surface area contributed by atoms with Gasteiger partial charge in [0, 0.05) is 12.8 Å². The van der Waals surface area contributed by atoms with E-state index in [0.717, 1.165) is 42.4 Å². The molecule has 0 saturated heterocycles. The summed E-state index contributed by atoms with van der Waals surface area (Å²) in [6.45, 7) is 0. The minimum absolute atomic E-state index is 0.532. The third-order valence-corrected chi connectivity index (χ3v) is 6.09. The van der Waals surface area contributed by atoms with Gasteiger partial charge in [-0.3, -0.25) is 4.79 Å². The molecular formula is C17H22O. The first-order chi connectivity index (χ1) is 8.83. The SMILES string of the molecule is O=C1CC[C@H]2C(CC[C@@H]3[C@H]2CC=C2C=CC[C@H]23)C1. The molecule has 4 aliphatic rings. The van der Waals surface area contributed by atoms with E-state index in [1.54, 1.807) is 5.57 Å². The van der Waals surface area contributed by atoms with E-state index < -0.39 is 0 Å². The fraction of sp³-hybridized carbons (Fsp3) is 0.706. The Kier molecular flexibility index (Phi) is 2.50. The van der Waals surface area contributed by atoms with Crippen LogP contribution in [0.15, 0.2) is 23.8 Å². The fourth-order valence-electron chi connectivity index (χ4n) is 5.30. The van der Waals surface area contributed by atoms with Crippen LogP contribution < -0.4 is 0 Å². The van der Waals surface area contributed by atoms with Crippen molar-refractivity contribution in [1.29, 1.82) is 0 Å². The van der Waals surface area contributed by atoms with Crippen molar-refractivity contribution in [3.05, 3.63) is 23.8 Å². The van der Waals surface area contributed by atoms with E-state index in [1.807, 2.05) is 0 Å². The van der Waals surface area contributed by atoms with Crippen molar-refractivity contribution in [1.82, 2.24) is 0 Å². The summed E-state index contributed by atoms with van der Waals surface area (Å²) in [5.41, 5.74) is 1.63. The maximum absolute atomic E-state index is 11.6. The Bertz CT molecular complexity index is 431. The number of hydrogen-bond donors (Lipinski definition) is 0. The molecule has 0 spiro atoms. The summed E-state index contributed by atoms with van der Waals surface area (Å²) in [6, 6.07) is 0. The second-order valence-electron chi connectivity index (χ2n) is 6.79. The van der Waals surface area contributed by atoms with Gasteiger partial charge >= 0.3 is 0 Å². The molecule has 2 fully saturated rings. The zero-order valence-electron chi connectivity index (χ0n) is 11.0. The maximum atomic E-state index is 11.6. The number of rotatable bonds is 0. The van der Waals surface area contributed by atoms with Gasteiger partial charge < -0.3 is 0 Å². The largest absolute Gasteiger partial charge is 0.300 e. The highest BCUT2D eigenvalue weighted by Crippen LogP contribution is 2.54. The van der Waals surface area contributed by atoms with Gasteiger partial charge in [0.25, 0.3) is 0 Å². The Morgan fingerprint density at radius 3 is 2.89 bits per heavy atom. The first-order valence-electron chi connectivity index (χ1n) is 7.71. The van der Waals surface area contributed by atoms with Gasteiger partial charge in [-0.1, -0.05) is 18.2 Å².